The van der Waals surface area contributed by atoms with Crippen LogP contribution in [0.5, 0.6) is 0 Å². The van der Waals surface area contributed by atoms with E-state index in [2.05, 4.69) is 72.8 Å². The van der Waals surface area contributed by atoms with Crippen molar-refractivity contribution in [3.8, 4) is 0 Å². The Balaban J connectivity index is 1.26. The van der Waals surface area contributed by atoms with Crippen LogP contribution < -0.4 is 0 Å². The van der Waals surface area contributed by atoms with Crippen molar-refractivity contribution in [1.29, 1.82) is 0 Å². The summed E-state index contributed by atoms with van der Waals surface area (Å²) in [5, 5.41) is 1.99. The topological polar surface area (TPSA) is 90.6 Å². The first-order valence-electron chi connectivity index (χ1n) is 14.1. The summed E-state index contributed by atoms with van der Waals surface area (Å²) >= 11 is 4.41. The van der Waals surface area contributed by atoms with Crippen LogP contribution in [0.3, 0.4) is 0 Å². The highest BCUT2D eigenvalue weighted by molar-refractivity contribution is 7.99. The van der Waals surface area contributed by atoms with E-state index in [4.69, 9.17) is 13.3 Å². The molecule has 0 aliphatic heterocycles. The number of ketones is 3. The maximum Gasteiger partial charge on any atom is 0.194 e. The molecule has 0 saturated carbocycles. The van der Waals surface area contributed by atoms with Crippen LogP contribution in [-0.2, 0) is 10.9 Å². The number of hydrogen-bond acceptors (Lipinski definition) is 9. The van der Waals surface area contributed by atoms with E-state index in [-0.39, 0.29) is 17.3 Å². The van der Waals surface area contributed by atoms with Gasteiger partial charge in [0, 0.05) is 35.5 Å². The molecule has 0 aliphatic rings. The summed E-state index contributed by atoms with van der Waals surface area (Å²) in [6, 6.07) is 35.7. The molecule has 6 aromatic rings. The lowest BCUT2D eigenvalue weighted by Crippen LogP contribution is -2.04. The summed E-state index contributed by atoms with van der Waals surface area (Å²) in [5.74, 6) is 0.741. The maximum atomic E-state index is 11.6. The van der Waals surface area contributed by atoms with Gasteiger partial charge < -0.3 is 13.3 Å². The van der Waals surface area contributed by atoms with Crippen molar-refractivity contribution in [2.75, 3.05) is 0 Å². The van der Waals surface area contributed by atoms with E-state index >= 15 is 0 Å². The lowest BCUT2D eigenvalue weighted by molar-refractivity contribution is 0.0975. The van der Waals surface area contributed by atoms with Crippen molar-refractivity contribution in [2.24, 2.45) is 0 Å². The minimum absolute atomic E-state index is 0.102. The molecule has 3 heterocycles. The van der Waals surface area contributed by atoms with E-state index < -0.39 is 10.9 Å². The molecule has 0 amide bonds. The van der Waals surface area contributed by atoms with Gasteiger partial charge in [0.05, 0.1) is 10.9 Å². The minimum Gasteiger partial charge on any atom is -0.446 e. The molecule has 10 heteroatoms. The summed E-state index contributed by atoms with van der Waals surface area (Å²) in [6.07, 6.45) is 0. The summed E-state index contributed by atoms with van der Waals surface area (Å²) in [4.78, 5) is 41.3. The normalized spacial score (nSPS) is 11.2. The van der Waals surface area contributed by atoms with Gasteiger partial charge in [0.25, 0.3) is 0 Å². The highest BCUT2D eigenvalue weighted by atomic mass is 32.2. The number of rotatable bonds is 12. The SMILES string of the molecule is CC(=O)c1ccc(Sc2ccc([S+](c3ccc(Sc4ccc(C(C)=O)o4)cc3)c3ccc(Sc4ccc(C(C)=O)o4)cc3)cc2)o1. The Bertz CT molecular complexity index is 1770. The zero-order chi connectivity index (χ0) is 32.2. The maximum absolute atomic E-state index is 11.6. The Morgan fingerprint density at radius 2 is 0.674 bits per heavy atom. The first-order chi connectivity index (χ1) is 22.2. The van der Waals surface area contributed by atoms with Crippen molar-refractivity contribution in [2.45, 2.75) is 65.4 Å². The average molecular weight is 684 g/mol. The Hall–Kier alpha value is -4.09. The molecule has 0 fully saturated rings. The van der Waals surface area contributed by atoms with E-state index in [0.29, 0.717) is 32.6 Å². The largest absolute Gasteiger partial charge is 0.446 e. The van der Waals surface area contributed by atoms with E-state index in [1.54, 1.807) is 18.2 Å². The molecule has 0 atom stereocenters. The minimum atomic E-state index is -0.417. The first kappa shape index (κ1) is 31.9. The fraction of sp³-hybridized carbons (Fsp3) is 0.0833. The number of carbonyl (C=O) groups is 3. The summed E-state index contributed by atoms with van der Waals surface area (Å²) in [5.41, 5.74) is 0. The van der Waals surface area contributed by atoms with Gasteiger partial charge in [0.2, 0.25) is 0 Å². The zero-order valence-electron chi connectivity index (χ0n) is 25.0. The molecule has 0 bridgehead atoms. The van der Waals surface area contributed by atoms with Gasteiger partial charge in [0.15, 0.2) is 64.6 Å². The number of furan rings is 3. The van der Waals surface area contributed by atoms with Crippen molar-refractivity contribution in [3.63, 3.8) is 0 Å². The molecule has 46 heavy (non-hydrogen) atoms. The first-order valence-corrected chi connectivity index (χ1v) is 17.8. The van der Waals surface area contributed by atoms with Crippen LogP contribution >= 0.6 is 35.3 Å². The van der Waals surface area contributed by atoms with Crippen LogP contribution in [0.4, 0.5) is 0 Å². The molecular weight excluding hydrogens is 657 g/mol. The standard InChI is InChI=1S/C36H27O6S4/c1-22(37)31-16-19-34(40-31)43-25-4-10-28(11-5-25)46(29-12-6-26(7-13-29)44-35-20-17-32(41-35)23(2)38)30-14-8-27(9-15-30)45-36-21-18-33(42-36)24(3)39/h4-21H,1-3H3/q+1. The lowest BCUT2D eigenvalue weighted by atomic mass is 10.3. The van der Waals surface area contributed by atoms with Gasteiger partial charge in [0.1, 0.15) is 0 Å². The number of carbonyl (C=O) groups excluding carboxylic acids is 3. The van der Waals surface area contributed by atoms with Crippen LogP contribution in [0, 0.1) is 0 Å². The van der Waals surface area contributed by atoms with E-state index in [9.17, 15) is 14.4 Å². The second kappa shape index (κ2) is 14.1. The summed E-state index contributed by atoms with van der Waals surface area (Å²) < 4.78 is 17.0. The molecule has 0 spiro atoms. The summed E-state index contributed by atoms with van der Waals surface area (Å²) in [6.45, 7) is 4.47. The molecule has 230 valence electrons. The molecule has 0 aliphatic carbocycles. The zero-order valence-corrected chi connectivity index (χ0v) is 28.2. The molecule has 3 aromatic carbocycles. The third-order valence-corrected chi connectivity index (χ3v) is 11.6. The lowest BCUT2D eigenvalue weighted by Gasteiger charge is -2.10. The van der Waals surface area contributed by atoms with E-state index in [1.807, 2.05) is 18.2 Å². The summed E-state index contributed by atoms with van der Waals surface area (Å²) in [7, 11) is -0.417. The quantitative estimate of drug-likeness (QED) is 0.0923. The molecule has 0 saturated heterocycles. The highest BCUT2D eigenvalue weighted by Gasteiger charge is 2.29. The molecular formula is C36H27O6S4+. The number of Topliss-reactive ketones (excluding diaryl/α,β-unsaturated/α-hetero) is 3. The Labute approximate surface area is 281 Å². The smallest absolute Gasteiger partial charge is 0.194 e. The van der Waals surface area contributed by atoms with Crippen LogP contribution in [0.2, 0.25) is 0 Å². The van der Waals surface area contributed by atoms with Crippen LogP contribution in [0.1, 0.15) is 52.4 Å². The Morgan fingerprint density at radius 3 is 0.891 bits per heavy atom. The molecule has 6 nitrogen and oxygen atoms in total. The fourth-order valence-corrected chi connectivity index (χ4v) is 8.74. The highest BCUT2D eigenvalue weighted by Crippen LogP contribution is 2.38. The van der Waals surface area contributed by atoms with Crippen LogP contribution in [-0.4, -0.2) is 17.3 Å². The van der Waals surface area contributed by atoms with Gasteiger partial charge in [-0.25, -0.2) is 0 Å². The molecule has 0 N–H and O–H groups in total. The van der Waals surface area contributed by atoms with Gasteiger partial charge in [-0.15, -0.1) is 0 Å². The third-order valence-electron chi connectivity index (χ3n) is 6.62. The second-order valence-corrected chi connectivity index (χ2v) is 15.3. The Kier molecular flexibility index (Phi) is 9.79. The van der Waals surface area contributed by atoms with Crippen molar-refractivity contribution in [3.05, 3.63) is 126 Å². The van der Waals surface area contributed by atoms with Crippen molar-refractivity contribution < 1.29 is 27.6 Å². The Morgan fingerprint density at radius 1 is 0.413 bits per heavy atom. The van der Waals surface area contributed by atoms with Gasteiger partial charge in [-0.3, -0.25) is 14.4 Å². The fourth-order valence-electron chi connectivity index (χ4n) is 4.38. The van der Waals surface area contributed by atoms with Crippen molar-refractivity contribution in [1.82, 2.24) is 0 Å². The monoisotopic (exact) mass is 683 g/mol. The molecule has 6 rings (SSSR count). The second-order valence-electron chi connectivity index (χ2n) is 10.1. The number of benzene rings is 3. The van der Waals surface area contributed by atoms with Gasteiger partial charge in [-0.2, -0.15) is 0 Å². The number of hydrogen-bond donors (Lipinski definition) is 0. The molecule has 0 radical (unpaired) electrons. The van der Waals surface area contributed by atoms with Gasteiger partial charge >= 0.3 is 0 Å². The van der Waals surface area contributed by atoms with Crippen LogP contribution in [0.15, 0.2) is 167 Å². The van der Waals surface area contributed by atoms with Crippen molar-refractivity contribution >= 4 is 63.5 Å². The molecule has 3 aromatic heterocycles. The van der Waals surface area contributed by atoms with E-state index in [1.165, 1.54) is 56.1 Å². The van der Waals surface area contributed by atoms with Crippen LogP contribution in [0.25, 0.3) is 0 Å². The predicted molar refractivity (Wildman–Crippen MR) is 180 cm³/mol. The third kappa shape index (κ3) is 7.64. The van der Waals surface area contributed by atoms with Gasteiger partial charge in [-0.05, 0) is 109 Å². The average Bonchev–Trinajstić information content (AvgIpc) is 3.82. The van der Waals surface area contributed by atoms with E-state index in [0.717, 1.165) is 29.4 Å². The predicted octanol–water partition coefficient (Wildman–Crippen LogP) is 10.6. The molecule has 0 unspecified atom stereocenters. The van der Waals surface area contributed by atoms with Gasteiger partial charge in [-0.1, -0.05) is 35.3 Å².